The van der Waals surface area contributed by atoms with Crippen molar-refractivity contribution < 1.29 is 4.79 Å². The number of benzene rings is 1. The monoisotopic (exact) mass is 317 g/mol. The molecular weight excluding hydrogens is 298 g/mol. The zero-order chi connectivity index (χ0) is 15.7. The summed E-state index contributed by atoms with van der Waals surface area (Å²) in [6.07, 6.45) is 0. The summed E-state index contributed by atoms with van der Waals surface area (Å²) >= 11 is 1.38. The van der Waals surface area contributed by atoms with Crippen LogP contribution in [-0.4, -0.2) is 40.8 Å². The van der Waals surface area contributed by atoms with Crippen LogP contribution in [0.4, 0.5) is 15.6 Å². The van der Waals surface area contributed by atoms with Gasteiger partial charge in [-0.2, -0.15) is 0 Å². The molecule has 0 spiro atoms. The minimum Gasteiger partial charge on any atom is -0.372 e. The van der Waals surface area contributed by atoms with E-state index in [0.717, 1.165) is 17.1 Å². The number of likely N-dealkylation sites (N-methyl/N-ethyl adjacent to an activating group) is 1. The molecule has 1 aliphatic rings. The molecule has 3 rings (SSSR count). The van der Waals surface area contributed by atoms with Gasteiger partial charge in [0, 0.05) is 31.9 Å². The number of carbonyl (C=O) groups is 1. The highest BCUT2D eigenvalue weighted by Gasteiger charge is 2.27. The quantitative estimate of drug-likeness (QED) is 0.878. The van der Waals surface area contributed by atoms with Crippen LogP contribution in [0.25, 0.3) is 0 Å². The Morgan fingerprint density at radius 1 is 1.36 bits per heavy atom. The molecule has 0 aliphatic carbocycles. The lowest BCUT2D eigenvalue weighted by molar-refractivity contribution is 0.192. The number of amides is 2. The van der Waals surface area contributed by atoms with Gasteiger partial charge in [0.05, 0.1) is 0 Å². The Morgan fingerprint density at radius 3 is 2.86 bits per heavy atom. The van der Waals surface area contributed by atoms with Gasteiger partial charge in [-0.05, 0) is 25.5 Å². The summed E-state index contributed by atoms with van der Waals surface area (Å²) in [5, 5.41) is 12.1. The Morgan fingerprint density at radius 2 is 2.14 bits per heavy atom. The van der Waals surface area contributed by atoms with Crippen LogP contribution in [0, 0.1) is 6.92 Å². The largest absolute Gasteiger partial charge is 0.372 e. The van der Waals surface area contributed by atoms with E-state index in [9.17, 15) is 4.79 Å². The van der Waals surface area contributed by atoms with Crippen molar-refractivity contribution >= 4 is 28.2 Å². The number of rotatable bonds is 1. The van der Waals surface area contributed by atoms with Gasteiger partial charge >= 0.3 is 6.03 Å². The Hall–Kier alpha value is -2.15. The molecular formula is C15H19N5OS. The molecule has 0 fully saturated rings. The molecule has 2 aromatic rings. The molecule has 1 atom stereocenters. The van der Waals surface area contributed by atoms with Crippen molar-refractivity contribution in [2.45, 2.75) is 26.4 Å². The van der Waals surface area contributed by atoms with Gasteiger partial charge < -0.3 is 9.80 Å². The summed E-state index contributed by atoms with van der Waals surface area (Å²) in [4.78, 5) is 16.6. The number of carbonyl (C=O) groups excluding carboxylic acids is 1. The molecule has 1 aromatic carbocycles. The number of para-hydroxylation sites is 1. The molecule has 1 N–H and O–H groups in total. The molecule has 22 heavy (non-hydrogen) atoms. The number of anilines is 2. The summed E-state index contributed by atoms with van der Waals surface area (Å²) in [5.74, 6) is 0. The predicted molar refractivity (Wildman–Crippen MR) is 88.4 cm³/mol. The van der Waals surface area contributed by atoms with Crippen LogP contribution in [-0.2, 0) is 6.54 Å². The summed E-state index contributed by atoms with van der Waals surface area (Å²) < 4.78 is 0. The smallest absolute Gasteiger partial charge is 0.324 e. The third-order valence-corrected chi connectivity index (χ3v) is 4.57. The highest BCUT2D eigenvalue weighted by Crippen LogP contribution is 2.26. The van der Waals surface area contributed by atoms with Crippen LogP contribution < -0.4 is 10.2 Å². The topological polar surface area (TPSA) is 61.4 Å². The second-order valence-electron chi connectivity index (χ2n) is 5.54. The average Bonchev–Trinajstić information content (AvgIpc) is 2.84. The number of urea groups is 1. The molecule has 2 amide bonds. The Kier molecular flexibility index (Phi) is 3.98. The fourth-order valence-electron chi connectivity index (χ4n) is 2.73. The highest BCUT2D eigenvalue weighted by atomic mass is 32.1. The van der Waals surface area contributed by atoms with Gasteiger partial charge in [0.25, 0.3) is 0 Å². The third-order valence-electron chi connectivity index (χ3n) is 3.81. The first kappa shape index (κ1) is 14.8. The van der Waals surface area contributed by atoms with E-state index in [1.54, 1.807) is 0 Å². The molecule has 6 nitrogen and oxygen atoms in total. The maximum absolute atomic E-state index is 12.6. The Balaban J connectivity index is 1.82. The third kappa shape index (κ3) is 2.89. The minimum atomic E-state index is -0.131. The van der Waals surface area contributed by atoms with E-state index in [2.05, 4.69) is 46.5 Å². The number of fused-ring (bicyclic) bond motifs is 1. The van der Waals surface area contributed by atoms with Crippen LogP contribution in [0.15, 0.2) is 24.3 Å². The molecule has 7 heteroatoms. The standard InChI is InChI=1S/C15H19N5OS/c1-10-8-19(3)13-7-5-4-6-12(13)9-20(10)15(21)16-14-18-17-11(2)22-14/h4-7,10H,8-9H2,1-3H3,(H,16,18,21)/t10-/m0/s1. The van der Waals surface area contributed by atoms with E-state index in [1.807, 2.05) is 24.0 Å². The zero-order valence-electron chi connectivity index (χ0n) is 12.9. The van der Waals surface area contributed by atoms with Gasteiger partial charge in [-0.1, -0.05) is 29.5 Å². The van der Waals surface area contributed by atoms with Crippen molar-refractivity contribution in [2.24, 2.45) is 0 Å². The number of nitrogens with zero attached hydrogens (tertiary/aromatic N) is 4. The van der Waals surface area contributed by atoms with E-state index in [0.29, 0.717) is 11.7 Å². The van der Waals surface area contributed by atoms with E-state index in [4.69, 9.17) is 0 Å². The Bertz CT molecular complexity index is 686. The predicted octanol–water partition coefficient (Wildman–Crippen LogP) is 2.72. The van der Waals surface area contributed by atoms with Crippen molar-refractivity contribution in [2.75, 3.05) is 23.8 Å². The molecule has 0 saturated carbocycles. The molecule has 0 bridgehead atoms. The van der Waals surface area contributed by atoms with Crippen molar-refractivity contribution in [3.63, 3.8) is 0 Å². The van der Waals surface area contributed by atoms with Crippen LogP contribution in [0.1, 0.15) is 17.5 Å². The van der Waals surface area contributed by atoms with Crippen LogP contribution in [0.2, 0.25) is 0 Å². The molecule has 1 aliphatic heterocycles. The van der Waals surface area contributed by atoms with E-state index >= 15 is 0 Å². The molecule has 1 aromatic heterocycles. The lowest BCUT2D eigenvalue weighted by Gasteiger charge is -2.28. The van der Waals surface area contributed by atoms with Gasteiger partial charge in [-0.25, -0.2) is 4.79 Å². The maximum Gasteiger partial charge on any atom is 0.324 e. The molecule has 2 heterocycles. The minimum absolute atomic E-state index is 0.103. The van der Waals surface area contributed by atoms with E-state index < -0.39 is 0 Å². The van der Waals surface area contributed by atoms with Crippen molar-refractivity contribution in [1.82, 2.24) is 15.1 Å². The van der Waals surface area contributed by atoms with Gasteiger partial charge in [0.2, 0.25) is 5.13 Å². The fourth-order valence-corrected chi connectivity index (χ4v) is 3.31. The average molecular weight is 317 g/mol. The number of hydrogen-bond donors (Lipinski definition) is 1. The second kappa shape index (κ2) is 5.92. The normalized spacial score (nSPS) is 17.9. The van der Waals surface area contributed by atoms with Crippen LogP contribution in [0.5, 0.6) is 0 Å². The van der Waals surface area contributed by atoms with E-state index in [1.165, 1.54) is 17.0 Å². The number of nitrogens with one attached hydrogen (secondary N) is 1. The first-order chi connectivity index (χ1) is 10.5. The van der Waals surface area contributed by atoms with Crippen LogP contribution in [0.3, 0.4) is 0 Å². The molecule has 116 valence electrons. The second-order valence-corrected chi connectivity index (χ2v) is 6.72. The van der Waals surface area contributed by atoms with Crippen molar-refractivity contribution in [3.8, 4) is 0 Å². The summed E-state index contributed by atoms with van der Waals surface area (Å²) in [6.45, 7) is 5.31. The van der Waals surface area contributed by atoms with Gasteiger partial charge in [0.1, 0.15) is 5.01 Å². The lowest BCUT2D eigenvalue weighted by atomic mass is 10.1. The molecule has 0 unspecified atom stereocenters. The van der Waals surface area contributed by atoms with Crippen LogP contribution >= 0.6 is 11.3 Å². The number of aryl methyl sites for hydroxylation is 1. The van der Waals surface area contributed by atoms with Gasteiger partial charge in [0.15, 0.2) is 0 Å². The van der Waals surface area contributed by atoms with Gasteiger partial charge in [-0.3, -0.25) is 5.32 Å². The number of aromatic nitrogens is 2. The van der Waals surface area contributed by atoms with E-state index in [-0.39, 0.29) is 12.1 Å². The summed E-state index contributed by atoms with van der Waals surface area (Å²) in [5.41, 5.74) is 2.33. The SMILES string of the molecule is Cc1nnc(NC(=O)N2Cc3ccccc3N(C)C[C@@H]2C)s1. The van der Waals surface area contributed by atoms with Crippen molar-refractivity contribution in [1.29, 1.82) is 0 Å². The summed E-state index contributed by atoms with van der Waals surface area (Å²) in [6, 6.07) is 8.17. The zero-order valence-corrected chi connectivity index (χ0v) is 13.7. The maximum atomic E-state index is 12.6. The first-order valence-corrected chi connectivity index (χ1v) is 8.03. The summed E-state index contributed by atoms with van der Waals surface area (Å²) in [7, 11) is 2.06. The van der Waals surface area contributed by atoms with Crippen molar-refractivity contribution in [3.05, 3.63) is 34.8 Å². The highest BCUT2D eigenvalue weighted by molar-refractivity contribution is 7.15. The lowest BCUT2D eigenvalue weighted by Crippen LogP contribution is -2.44. The molecule has 0 saturated heterocycles. The van der Waals surface area contributed by atoms with Gasteiger partial charge in [-0.15, -0.1) is 10.2 Å². The Labute approximate surface area is 133 Å². The fraction of sp³-hybridized carbons (Fsp3) is 0.400. The molecule has 0 radical (unpaired) electrons. The first-order valence-electron chi connectivity index (χ1n) is 7.21. The number of hydrogen-bond acceptors (Lipinski definition) is 5.